The molecule has 0 aliphatic heterocycles. The van der Waals surface area contributed by atoms with Gasteiger partial charge < -0.3 is 7.43 Å². The summed E-state index contributed by atoms with van der Waals surface area (Å²) in [5.41, 5.74) is 0. The van der Waals surface area contributed by atoms with Gasteiger partial charge in [0.05, 0.1) is 0 Å². The molecular weight excluding hydrogens is 964 g/mol. The molecule has 0 aromatic rings. The molecule has 0 aliphatic rings. The Kier molecular flexibility index (Phi) is 169. The van der Waals surface area contributed by atoms with Crippen LogP contribution < -0.4 is 0 Å². The van der Waals surface area contributed by atoms with Crippen molar-refractivity contribution in [3.8, 4) is 0 Å². The first kappa shape index (κ1) is 35.0. The van der Waals surface area contributed by atoms with E-state index in [1.54, 1.807) is 0 Å². The summed E-state index contributed by atoms with van der Waals surface area (Å²) < 4.78 is 0. The zero-order valence-electron chi connectivity index (χ0n) is 3.00. The van der Waals surface area contributed by atoms with Gasteiger partial charge in [0.2, 0.25) is 0 Å². The van der Waals surface area contributed by atoms with Gasteiger partial charge in [-0.25, -0.2) is 0 Å². The van der Waals surface area contributed by atoms with Crippen LogP contribution in [0.5, 0.6) is 0 Å². The van der Waals surface area contributed by atoms with Crippen LogP contribution in [0.4, 0.5) is 0 Å². The van der Waals surface area contributed by atoms with Crippen LogP contribution in [0.2, 0.25) is 0 Å². The summed E-state index contributed by atoms with van der Waals surface area (Å²) in [5, 5.41) is 0. The van der Waals surface area contributed by atoms with Crippen molar-refractivity contribution < 1.29 is 124 Å². The molecular formula is CH3U4-. The van der Waals surface area contributed by atoms with E-state index in [9.17, 15) is 0 Å². The van der Waals surface area contributed by atoms with Crippen LogP contribution >= 0.6 is 0 Å². The largest absolute Gasteiger partial charge is 0.358 e. The normalized spacial score (nSPS) is 0. The van der Waals surface area contributed by atoms with Crippen LogP contribution in [0.3, 0.4) is 0 Å². The van der Waals surface area contributed by atoms with Crippen molar-refractivity contribution in [2.75, 3.05) is 0 Å². The maximum Gasteiger partial charge on any atom is 0 e. The second-order valence-electron chi connectivity index (χ2n) is 0. The summed E-state index contributed by atoms with van der Waals surface area (Å²) in [6.45, 7) is 0. The minimum Gasteiger partial charge on any atom is -0.358 e. The van der Waals surface area contributed by atoms with E-state index in [2.05, 4.69) is 0 Å². The molecule has 0 amide bonds. The molecule has 0 rings (SSSR count). The molecule has 0 saturated carbocycles. The maximum absolute atomic E-state index is 0. The Morgan fingerprint density at radius 3 is 0.400 bits per heavy atom. The average Bonchev–Trinajstić information content (AvgIpc) is 0. The zero-order valence-corrected chi connectivity index (χ0v) is 19.7. The molecule has 0 aromatic heterocycles. The first-order chi connectivity index (χ1) is 0. The second-order valence-corrected chi connectivity index (χ2v) is 0. The summed E-state index contributed by atoms with van der Waals surface area (Å²) >= 11 is 0. The standard InChI is InChI=1S/CH3.4U/h1H3;;;;/q-1;;;;. The quantitative estimate of drug-likeness (QED) is 0.310. The van der Waals surface area contributed by atoms with Crippen LogP contribution in [-0.2, 0) is 0 Å². The summed E-state index contributed by atoms with van der Waals surface area (Å²) in [6.07, 6.45) is 0. The SMILES string of the molecule is [CH3-].[U].[U].[U].[U]. The van der Waals surface area contributed by atoms with Crippen molar-refractivity contribution in [2.24, 2.45) is 0 Å². The molecule has 4 heteroatoms. The molecule has 0 radical (unpaired) electrons. The predicted octanol–water partition coefficient (Wildman–Crippen LogP) is 0.450. The molecule has 24 valence electrons. The maximum atomic E-state index is 0. The summed E-state index contributed by atoms with van der Waals surface area (Å²) in [5.74, 6) is 0. The van der Waals surface area contributed by atoms with Crippen LogP contribution in [-0.4, -0.2) is 0 Å². The average molecular weight is 967 g/mol. The molecule has 0 aliphatic carbocycles. The smallest absolute Gasteiger partial charge is 0 e. The van der Waals surface area contributed by atoms with E-state index in [0.29, 0.717) is 0 Å². The molecule has 0 unspecified atom stereocenters. The summed E-state index contributed by atoms with van der Waals surface area (Å²) in [7, 11) is 0. The van der Waals surface area contributed by atoms with Crippen LogP contribution in [0.15, 0.2) is 0 Å². The van der Waals surface area contributed by atoms with E-state index >= 15 is 0 Å². The fraction of sp³-hybridized carbons (Fsp3) is 0. The summed E-state index contributed by atoms with van der Waals surface area (Å²) in [6, 6.07) is 0. The van der Waals surface area contributed by atoms with E-state index in [1.807, 2.05) is 0 Å². The molecule has 0 aromatic carbocycles. The molecule has 0 spiro atoms. The monoisotopic (exact) mass is 967 g/mol. The van der Waals surface area contributed by atoms with Crippen LogP contribution in [0, 0.1) is 132 Å². The first-order valence-corrected chi connectivity index (χ1v) is 0. The van der Waals surface area contributed by atoms with Crippen molar-refractivity contribution in [3.05, 3.63) is 7.43 Å². The zero-order chi connectivity index (χ0) is 0. The van der Waals surface area contributed by atoms with E-state index < -0.39 is 0 Å². The van der Waals surface area contributed by atoms with Crippen molar-refractivity contribution in [1.29, 1.82) is 0 Å². The van der Waals surface area contributed by atoms with Gasteiger partial charge in [-0.15, -0.1) is 0 Å². The van der Waals surface area contributed by atoms with Gasteiger partial charge in [0.25, 0.3) is 0 Å². The van der Waals surface area contributed by atoms with Crippen molar-refractivity contribution >= 4 is 0 Å². The molecule has 0 nitrogen and oxygen atoms in total. The van der Waals surface area contributed by atoms with Gasteiger partial charge in [-0.1, -0.05) is 0 Å². The van der Waals surface area contributed by atoms with Crippen molar-refractivity contribution in [3.63, 3.8) is 0 Å². The molecule has 0 atom stereocenters. The third-order valence-electron chi connectivity index (χ3n) is 0. The van der Waals surface area contributed by atoms with E-state index in [4.69, 9.17) is 0 Å². The van der Waals surface area contributed by atoms with Crippen molar-refractivity contribution in [2.45, 2.75) is 0 Å². The minimum atomic E-state index is 0. The molecule has 5 heavy (non-hydrogen) atoms. The number of rotatable bonds is 0. The topological polar surface area (TPSA) is 0 Å². The van der Waals surface area contributed by atoms with Crippen LogP contribution in [0.25, 0.3) is 0 Å². The fourth-order valence-electron chi connectivity index (χ4n) is 0. The Bertz CT molecular complexity index is 3.61. The summed E-state index contributed by atoms with van der Waals surface area (Å²) in [4.78, 5) is 0. The Balaban J connectivity index is 0. The fourth-order valence-corrected chi connectivity index (χ4v) is 0. The molecule has 0 bridgehead atoms. The molecule has 0 fully saturated rings. The van der Waals surface area contributed by atoms with Gasteiger partial charge >= 0.3 is 0 Å². The third kappa shape index (κ3) is 17.9. The minimum absolute atomic E-state index is 0. The van der Waals surface area contributed by atoms with E-state index in [1.165, 1.54) is 0 Å². The molecule has 0 N–H and O–H groups in total. The first-order valence-electron chi connectivity index (χ1n) is 0. The number of hydrogen-bond donors (Lipinski definition) is 0. The van der Waals surface area contributed by atoms with Gasteiger partial charge in [0.15, 0.2) is 0 Å². The van der Waals surface area contributed by atoms with E-state index in [0.717, 1.165) is 0 Å². The van der Waals surface area contributed by atoms with Gasteiger partial charge in [-0.3, -0.25) is 0 Å². The van der Waals surface area contributed by atoms with Crippen molar-refractivity contribution in [1.82, 2.24) is 0 Å². The van der Waals surface area contributed by atoms with Gasteiger partial charge in [-0.05, 0) is 0 Å². The van der Waals surface area contributed by atoms with Gasteiger partial charge in [-0.2, -0.15) is 0 Å². The molecule has 0 heterocycles. The molecule has 0 saturated heterocycles. The Hall–Kier alpha value is 4.21. The Labute approximate surface area is 128 Å². The number of hydrogen-bond acceptors (Lipinski definition) is 0. The Morgan fingerprint density at radius 2 is 0.400 bits per heavy atom. The van der Waals surface area contributed by atoms with Gasteiger partial charge in [0, 0.05) is 124 Å². The van der Waals surface area contributed by atoms with Gasteiger partial charge in [0.1, 0.15) is 0 Å². The Morgan fingerprint density at radius 1 is 0.400 bits per heavy atom. The third-order valence-corrected chi connectivity index (χ3v) is 0. The predicted molar refractivity (Wildman–Crippen MR) is 6.41 cm³/mol. The van der Waals surface area contributed by atoms with Crippen LogP contribution in [0.1, 0.15) is 0 Å². The van der Waals surface area contributed by atoms with E-state index in [-0.39, 0.29) is 132 Å². The second kappa shape index (κ2) is 24.1.